The first-order valence-corrected chi connectivity index (χ1v) is 12.2. The zero-order valence-electron chi connectivity index (χ0n) is 20.9. The monoisotopic (exact) mass is 489 g/mol. The van der Waals surface area contributed by atoms with Crippen LogP contribution in [0.4, 0.5) is 14.9 Å². The third-order valence-electron chi connectivity index (χ3n) is 5.30. The minimum absolute atomic E-state index is 0.107. The molecule has 184 valence electrons. The molecule has 2 heterocycles. The Labute approximate surface area is 203 Å². The number of ether oxygens (including phenoxy) is 1. The highest BCUT2D eigenvalue weighted by atomic mass is 32.2. The number of aromatic nitrogens is 1. The molecule has 2 aromatic rings. The van der Waals surface area contributed by atoms with Gasteiger partial charge >= 0.3 is 6.09 Å². The predicted octanol–water partition coefficient (Wildman–Crippen LogP) is 5.11. The maximum Gasteiger partial charge on any atom is 0.414 e. The van der Waals surface area contributed by atoms with Crippen LogP contribution >= 0.6 is 0 Å². The lowest BCUT2D eigenvalue weighted by molar-refractivity contribution is 0.0577. The van der Waals surface area contributed by atoms with E-state index in [0.717, 1.165) is 0 Å². The van der Waals surface area contributed by atoms with E-state index in [-0.39, 0.29) is 18.0 Å². The number of hydrogen-bond acceptors (Lipinski definition) is 6. The molecule has 0 aliphatic carbocycles. The average molecular weight is 490 g/mol. The summed E-state index contributed by atoms with van der Waals surface area (Å²) < 4.78 is 35.0. The molecule has 1 aromatic carbocycles. The molecule has 0 radical (unpaired) electrons. The van der Waals surface area contributed by atoms with Crippen LogP contribution in [-0.2, 0) is 21.6 Å². The van der Waals surface area contributed by atoms with Crippen molar-refractivity contribution in [2.45, 2.75) is 71.3 Å². The first-order valence-electron chi connectivity index (χ1n) is 11.0. The zero-order chi connectivity index (χ0) is 25.6. The quantitative estimate of drug-likeness (QED) is 0.474. The zero-order valence-corrected chi connectivity index (χ0v) is 21.7. The molecule has 0 fully saturated rings. The van der Waals surface area contributed by atoms with E-state index in [1.54, 1.807) is 39.0 Å². The Hall–Kier alpha value is -2.49. The minimum Gasteiger partial charge on any atom is -0.598 e. The van der Waals surface area contributed by atoms with Crippen molar-refractivity contribution >= 4 is 28.9 Å². The van der Waals surface area contributed by atoms with Gasteiger partial charge in [-0.3, -0.25) is 9.69 Å². The molecule has 1 amide bonds. The molecule has 0 spiro atoms. The number of fused-ring (bicyclic) bond motifs is 1. The number of anilines is 1. The van der Waals surface area contributed by atoms with Gasteiger partial charge < -0.3 is 9.29 Å². The van der Waals surface area contributed by atoms with Gasteiger partial charge in [-0.05, 0) is 78.8 Å². The molecule has 9 heteroatoms. The van der Waals surface area contributed by atoms with Crippen molar-refractivity contribution < 1.29 is 23.3 Å². The highest BCUT2D eigenvalue weighted by Gasteiger charge is 2.49. The molecule has 1 aliphatic rings. The number of rotatable bonds is 4. The molecule has 0 saturated carbocycles. The third-order valence-corrected chi connectivity index (χ3v) is 7.05. The van der Waals surface area contributed by atoms with Crippen molar-refractivity contribution in [3.05, 3.63) is 47.4 Å². The molecule has 1 unspecified atom stereocenters. The second-order valence-electron chi connectivity index (χ2n) is 10.7. The van der Waals surface area contributed by atoms with Crippen LogP contribution in [0.2, 0.25) is 0 Å². The third kappa shape index (κ3) is 5.42. The highest BCUT2D eigenvalue weighted by Crippen LogP contribution is 2.46. The molecule has 3 rings (SSSR count). The maximum absolute atomic E-state index is 13.7. The summed E-state index contributed by atoms with van der Waals surface area (Å²) in [6, 6.07) is 7.31. The first kappa shape index (κ1) is 26.1. The highest BCUT2D eigenvalue weighted by molar-refractivity contribution is 7.90. The number of hydrogen-bond donors (Lipinski definition) is 1. The predicted molar refractivity (Wildman–Crippen MR) is 132 cm³/mol. The van der Waals surface area contributed by atoms with Gasteiger partial charge in [-0.2, -0.15) is 0 Å². The number of halogens is 1. The van der Waals surface area contributed by atoms with E-state index >= 15 is 0 Å². The van der Waals surface area contributed by atoms with Gasteiger partial charge in [0.1, 0.15) is 27.4 Å². The first-order chi connectivity index (χ1) is 15.5. The van der Waals surface area contributed by atoms with Crippen LogP contribution < -0.4 is 9.62 Å². The lowest BCUT2D eigenvalue weighted by Crippen LogP contribution is -2.52. The fourth-order valence-corrected chi connectivity index (χ4v) is 4.51. The molecule has 1 N–H and O–H groups in total. The lowest BCUT2D eigenvalue weighted by atomic mass is 9.93. The standard InChI is InChI=1S/C25H32FN3O4S/c1-15(30)19-13-18-21(20(27-19)16-9-11-17(26)12-10-16)29(22(31)33-23(2,3)4)14-25(18,8)28-34(32)24(5,6)7/h9-13,28H,14H2,1-8H3/t25-,34?/m1/s1. The molecule has 34 heavy (non-hydrogen) atoms. The number of amides is 1. The number of Topliss-reactive ketones (excluding diaryl/α,β-unsaturated/α-hetero) is 1. The molecule has 7 nitrogen and oxygen atoms in total. The van der Waals surface area contributed by atoms with E-state index in [4.69, 9.17) is 4.74 Å². The van der Waals surface area contributed by atoms with Gasteiger partial charge in [-0.15, -0.1) is 4.72 Å². The fraction of sp³-hybridized carbons (Fsp3) is 0.480. The van der Waals surface area contributed by atoms with Gasteiger partial charge in [0.05, 0.1) is 17.9 Å². The van der Waals surface area contributed by atoms with Gasteiger partial charge in [0.2, 0.25) is 0 Å². The molecule has 2 atom stereocenters. The number of ketones is 1. The number of pyridine rings is 1. The van der Waals surface area contributed by atoms with Crippen molar-refractivity contribution in [3.63, 3.8) is 0 Å². The van der Waals surface area contributed by atoms with Crippen LogP contribution in [0.15, 0.2) is 30.3 Å². The Morgan fingerprint density at radius 3 is 2.26 bits per heavy atom. The minimum atomic E-state index is -1.48. The van der Waals surface area contributed by atoms with Crippen molar-refractivity contribution in [1.82, 2.24) is 9.71 Å². The molecule has 0 bridgehead atoms. The van der Waals surface area contributed by atoms with Gasteiger partial charge in [0, 0.05) is 29.4 Å². The average Bonchev–Trinajstić information content (AvgIpc) is 2.99. The number of nitrogens with one attached hydrogen (secondary N) is 1. The normalized spacial score (nSPS) is 19.1. The van der Waals surface area contributed by atoms with Gasteiger partial charge in [-0.1, -0.05) is 0 Å². The van der Waals surface area contributed by atoms with Crippen molar-refractivity contribution in [3.8, 4) is 11.3 Å². The van der Waals surface area contributed by atoms with Crippen molar-refractivity contribution in [1.29, 1.82) is 0 Å². The van der Waals surface area contributed by atoms with Crippen LogP contribution in [0.25, 0.3) is 11.3 Å². The van der Waals surface area contributed by atoms with Crippen LogP contribution in [0, 0.1) is 5.82 Å². The summed E-state index contributed by atoms with van der Waals surface area (Å²) in [5, 5.41) is 0. The lowest BCUT2D eigenvalue weighted by Gasteiger charge is -2.32. The Balaban J connectivity index is 2.27. The summed E-state index contributed by atoms with van der Waals surface area (Å²) in [6.07, 6.45) is -0.596. The van der Waals surface area contributed by atoms with Crippen LogP contribution in [0.3, 0.4) is 0 Å². The van der Waals surface area contributed by atoms with Gasteiger partial charge in [0.25, 0.3) is 0 Å². The topological polar surface area (TPSA) is 94.6 Å². The molecular weight excluding hydrogens is 457 g/mol. The van der Waals surface area contributed by atoms with Crippen LogP contribution in [0.5, 0.6) is 0 Å². The molecule has 0 saturated heterocycles. The summed E-state index contributed by atoms with van der Waals surface area (Å²) in [5.41, 5.74) is 0.393. The van der Waals surface area contributed by atoms with E-state index in [1.165, 1.54) is 24.0 Å². The van der Waals surface area contributed by atoms with Gasteiger partial charge in [0.15, 0.2) is 5.78 Å². The number of benzene rings is 1. The van der Waals surface area contributed by atoms with E-state index in [0.29, 0.717) is 22.5 Å². The summed E-state index contributed by atoms with van der Waals surface area (Å²) >= 11 is -1.48. The maximum atomic E-state index is 13.7. The smallest absolute Gasteiger partial charge is 0.414 e. The Morgan fingerprint density at radius 1 is 1.18 bits per heavy atom. The van der Waals surface area contributed by atoms with E-state index in [9.17, 15) is 18.5 Å². The van der Waals surface area contributed by atoms with Crippen molar-refractivity contribution in [2.75, 3.05) is 11.4 Å². The number of nitrogens with zero attached hydrogens (tertiary/aromatic N) is 2. The Kier molecular flexibility index (Phi) is 6.87. The summed E-state index contributed by atoms with van der Waals surface area (Å²) in [6.45, 7) is 14.2. The Morgan fingerprint density at radius 2 is 1.76 bits per heavy atom. The number of carbonyl (C=O) groups is 2. The second kappa shape index (κ2) is 8.94. The molecule has 1 aliphatic heterocycles. The van der Waals surface area contributed by atoms with Crippen molar-refractivity contribution in [2.24, 2.45) is 0 Å². The van der Waals surface area contributed by atoms with E-state index in [2.05, 4.69) is 9.71 Å². The summed E-state index contributed by atoms with van der Waals surface area (Å²) in [5.74, 6) is -0.680. The summed E-state index contributed by atoms with van der Waals surface area (Å²) in [4.78, 5) is 31.7. The Bertz CT molecular complexity index is 1110. The van der Waals surface area contributed by atoms with E-state index in [1.807, 2.05) is 27.7 Å². The molecular formula is C25H32FN3O4S. The molecule has 1 aromatic heterocycles. The largest absolute Gasteiger partial charge is 0.598 e. The fourth-order valence-electron chi connectivity index (χ4n) is 3.62. The summed E-state index contributed by atoms with van der Waals surface area (Å²) in [7, 11) is 0. The SMILES string of the molecule is CC(=O)c1cc2c(c(-c3ccc(F)cc3)n1)N(C(=O)OC(C)(C)C)C[C@@]2(C)N[S+]([O-])C(C)(C)C. The van der Waals surface area contributed by atoms with E-state index < -0.39 is 39.2 Å². The van der Waals surface area contributed by atoms with Crippen LogP contribution in [-0.4, -0.2) is 38.3 Å². The number of carbonyl (C=O) groups excluding carboxylic acids is 2. The van der Waals surface area contributed by atoms with Gasteiger partial charge in [-0.25, -0.2) is 14.2 Å². The van der Waals surface area contributed by atoms with Crippen LogP contribution in [0.1, 0.15) is 71.4 Å². The second-order valence-corrected chi connectivity index (χ2v) is 12.7.